The van der Waals surface area contributed by atoms with E-state index in [1.807, 2.05) is 19.1 Å². The molecule has 2 N–H and O–H groups in total. The number of carboxylic acid groups (broad SMARTS) is 1. The number of rotatable bonds is 10. The highest BCUT2D eigenvalue weighted by Gasteiger charge is 2.25. The summed E-state index contributed by atoms with van der Waals surface area (Å²) in [5.41, 5.74) is 3.75. The summed E-state index contributed by atoms with van der Waals surface area (Å²) in [4.78, 5) is 26.6. The van der Waals surface area contributed by atoms with Crippen LogP contribution in [0.5, 0.6) is 0 Å². The molecule has 178 valence electrons. The van der Waals surface area contributed by atoms with Gasteiger partial charge in [0.05, 0.1) is 17.8 Å². The summed E-state index contributed by atoms with van der Waals surface area (Å²) in [5, 5.41) is 12.7. The molecule has 0 saturated carbocycles. The summed E-state index contributed by atoms with van der Waals surface area (Å²) in [6.07, 6.45) is 7.19. The molecule has 1 fully saturated rings. The van der Waals surface area contributed by atoms with Gasteiger partial charge in [-0.3, -0.25) is 9.79 Å². The molecule has 0 unspecified atom stereocenters. The largest absolute Gasteiger partial charge is 0.481 e. The van der Waals surface area contributed by atoms with E-state index in [0.717, 1.165) is 55.1 Å². The molecule has 3 rings (SSSR count). The molecule has 0 amide bonds. The Kier molecular flexibility index (Phi) is 8.77. The molecular weight excluding hydrogens is 418 g/mol. The molecule has 1 saturated heterocycles. The zero-order valence-electron chi connectivity index (χ0n) is 20.0. The van der Waals surface area contributed by atoms with Gasteiger partial charge in [0.2, 0.25) is 5.95 Å². The second kappa shape index (κ2) is 11.7. The van der Waals surface area contributed by atoms with E-state index in [4.69, 9.17) is 4.74 Å². The summed E-state index contributed by atoms with van der Waals surface area (Å²) in [6.45, 7) is 8.82. The first-order valence-electron chi connectivity index (χ1n) is 11.6. The Bertz CT molecular complexity index is 940. The van der Waals surface area contributed by atoms with E-state index in [1.165, 1.54) is 0 Å². The Morgan fingerprint density at radius 2 is 1.97 bits per heavy atom. The Labute approximate surface area is 196 Å². The zero-order chi connectivity index (χ0) is 23.8. The third kappa shape index (κ3) is 6.99. The van der Waals surface area contributed by atoms with E-state index in [-0.39, 0.29) is 12.3 Å². The number of carboxylic acids is 1. The van der Waals surface area contributed by atoms with Gasteiger partial charge in [0.15, 0.2) is 0 Å². The van der Waals surface area contributed by atoms with Crippen LogP contribution in [0.1, 0.15) is 57.1 Å². The number of anilines is 3. The molecule has 2 aromatic rings. The molecular formula is C25H35N5O3. The lowest BCUT2D eigenvalue weighted by atomic mass is 9.95. The Balaban J connectivity index is 1.99. The van der Waals surface area contributed by atoms with Crippen LogP contribution in [0.25, 0.3) is 0 Å². The van der Waals surface area contributed by atoms with Crippen molar-refractivity contribution in [3.8, 4) is 0 Å². The van der Waals surface area contributed by atoms with Gasteiger partial charge in [-0.25, -0.2) is 9.97 Å². The molecule has 0 radical (unpaired) electrons. The minimum absolute atomic E-state index is 0.0794. The van der Waals surface area contributed by atoms with Gasteiger partial charge in [-0.2, -0.15) is 0 Å². The van der Waals surface area contributed by atoms with Crippen molar-refractivity contribution in [3.63, 3.8) is 0 Å². The normalized spacial score (nSPS) is 15.7. The van der Waals surface area contributed by atoms with Crippen LogP contribution in [0.2, 0.25) is 0 Å². The molecule has 1 aliphatic rings. The number of benzene rings is 1. The lowest BCUT2D eigenvalue weighted by Gasteiger charge is -2.38. The van der Waals surface area contributed by atoms with E-state index in [0.29, 0.717) is 17.9 Å². The predicted octanol–water partition coefficient (Wildman–Crippen LogP) is 4.49. The van der Waals surface area contributed by atoms with E-state index in [2.05, 4.69) is 45.1 Å². The number of aromatic nitrogens is 2. The van der Waals surface area contributed by atoms with Crippen LogP contribution < -0.4 is 10.2 Å². The lowest BCUT2D eigenvalue weighted by Crippen LogP contribution is -2.42. The number of aliphatic carboxylic acids is 1. The summed E-state index contributed by atoms with van der Waals surface area (Å²) in [7, 11) is 1.71. The Hall–Kier alpha value is -3.00. The fourth-order valence-electron chi connectivity index (χ4n) is 4.16. The monoisotopic (exact) mass is 453 g/mol. The minimum atomic E-state index is -0.804. The number of nitrogens with zero attached hydrogens (tertiary/aromatic N) is 4. The molecule has 33 heavy (non-hydrogen) atoms. The van der Waals surface area contributed by atoms with E-state index in [9.17, 15) is 9.90 Å². The van der Waals surface area contributed by atoms with Crippen LogP contribution in [0.4, 0.5) is 17.3 Å². The summed E-state index contributed by atoms with van der Waals surface area (Å²) < 4.78 is 5.61. The van der Waals surface area contributed by atoms with Gasteiger partial charge in [0.1, 0.15) is 0 Å². The van der Waals surface area contributed by atoms with Crippen LogP contribution in [0.3, 0.4) is 0 Å². The van der Waals surface area contributed by atoms with Crippen molar-refractivity contribution in [2.75, 3.05) is 37.0 Å². The van der Waals surface area contributed by atoms with Crippen LogP contribution in [-0.4, -0.2) is 60.1 Å². The predicted molar refractivity (Wildman–Crippen MR) is 132 cm³/mol. The maximum atomic E-state index is 11.3. The van der Waals surface area contributed by atoms with E-state index < -0.39 is 5.97 Å². The van der Waals surface area contributed by atoms with Gasteiger partial charge in [0, 0.05) is 57.0 Å². The molecule has 1 aliphatic heterocycles. The minimum Gasteiger partial charge on any atom is -0.481 e. The van der Waals surface area contributed by atoms with Crippen molar-refractivity contribution in [1.82, 2.24) is 9.97 Å². The highest BCUT2D eigenvalue weighted by Crippen LogP contribution is 2.35. The van der Waals surface area contributed by atoms with Gasteiger partial charge in [-0.15, -0.1) is 0 Å². The van der Waals surface area contributed by atoms with E-state index >= 15 is 0 Å². The summed E-state index contributed by atoms with van der Waals surface area (Å²) in [6, 6.07) is 6.57. The lowest BCUT2D eigenvalue weighted by molar-refractivity contribution is -0.137. The van der Waals surface area contributed by atoms with Crippen molar-refractivity contribution in [2.24, 2.45) is 10.9 Å². The van der Waals surface area contributed by atoms with Crippen molar-refractivity contribution in [3.05, 3.63) is 41.7 Å². The van der Waals surface area contributed by atoms with Crippen LogP contribution in [0, 0.1) is 5.92 Å². The average Bonchev–Trinajstić information content (AvgIpc) is 2.79. The van der Waals surface area contributed by atoms with Crippen LogP contribution >= 0.6 is 0 Å². The average molecular weight is 454 g/mol. The van der Waals surface area contributed by atoms with Gasteiger partial charge >= 0.3 is 5.97 Å². The van der Waals surface area contributed by atoms with Gasteiger partial charge in [0.25, 0.3) is 0 Å². The molecule has 8 nitrogen and oxygen atoms in total. The Morgan fingerprint density at radius 1 is 1.27 bits per heavy atom. The molecule has 1 aromatic heterocycles. The number of nitrogens with one attached hydrogen (secondary N) is 1. The van der Waals surface area contributed by atoms with Crippen molar-refractivity contribution < 1.29 is 14.6 Å². The quantitative estimate of drug-likeness (QED) is 0.511. The van der Waals surface area contributed by atoms with Gasteiger partial charge in [-0.1, -0.05) is 26.8 Å². The summed E-state index contributed by atoms with van der Waals surface area (Å²) >= 11 is 0. The maximum absolute atomic E-state index is 11.3. The smallest absolute Gasteiger partial charge is 0.303 e. The molecule has 0 aliphatic carbocycles. The maximum Gasteiger partial charge on any atom is 0.303 e. The zero-order valence-corrected chi connectivity index (χ0v) is 20.0. The van der Waals surface area contributed by atoms with Gasteiger partial charge < -0.3 is 20.1 Å². The number of ether oxygens (including phenoxy) is 1. The topological polar surface area (TPSA) is 99.9 Å². The van der Waals surface area contributed by atoms with Crippen LogP contribution in [-0.2, 0) is 9.53 Å². The first-order chi connectivity index (χ1) is 15.9. The second-order valence-corrected chi connectivity index (χ2v) is 9.02. The standard InChI is InChI=1S/C25H35N5O3/c1-17(2)16-30(21-7-9-33-10-8-21)23-6-5-20(18(3)11-24(31)32)12-22(23)29-25-27-14-19(13-26-4)15-28-25/h5-6,12-15,17-18,21H,7-11,16H2,1-4H3,(H,31,32)(H,27,28,29)/t18-/m1/s1. The number of aliphatic imine (C=N–C) groups is 1. The molecule has 1 aromatic carbocycles. The molecule has 1 atom stereocenters. The molecule has 8 heteroatoms. The van der Waals surface area contributed by atoms with Crippen molar-refractivity contribution in [1.29, 1.82) is 0 Å². The highest BCUT2D eigenvalue weighted by atomic mass is 16.5. The molecule has 0 bridgehead atoms. The number of carbonyl (C=O) groups is 1. The third-order valence-corrected chi connectivity index (χ3v) is 5.77. The van der Waals surface area contributed by atoms with Crippen molar-refractivity contribution in [2.45, 2.75) is 52.0 Å². The fourth-order valence-corrected chi connectivity index (χ4v) is 4.16. The highest BCUT2D eigenvalue weighted by molar-refractivity contribution is 5.79. The molecule has 0 spiro atoms. The second-order valence-electron chi connectivity index (χ2n) is 9.02. The van der Waals surface area contributed by atoms with Crippen molar-refractivity contribution >= 4 is 29.5 Å². The molecule has 2 heterocycles. The number of hydrogen-bond donors (Lipinski definition) is 2. The Morgan fingerprint density at radius 3 is 2.58 bits per heavy atom. The van der Waals surface area contributed by atoms with Gasteiger partial charge in [-0.05, 0) is 42.4 Å². The van der Waals surface area contributed by atoms with Crippen LogP contribution in [0.15, 0.2) is 35.6 Å². The fraction of sp³-hybridized carbons (Fsp3) is 0.520. The first kappa shape index (κ1) is 24.6. The van der Waals surface area contributed by atoms with E-state index in [1.54, 1.807) is 25.7 Å². The third-order valence-electron chi connectivity index (χ3n) is 5.77. The SMILES string of the molecule is CN=Cc1cnc(Nc2cc([C@H](C)CC(=O)O)ccc2N(CC(C)C)C2CCOCC2)nc1. The summed E-state index contributed by atoms with van der Waals surface area (Å²) in [5.74, 6) is 0.0585. The number of hydrogen-bond acceptors (Lipinski definition) is 7. The first-order valence-corrected chi connectivity index (χ1v) is 11.6.